The number of fused-ring (bicyclic) bond motifs is 9. The first-order valence-corrected chi connectivity index (χ1v) is 23.8. The van der Waals surface area contributed by atoms with E-state index < -0.39 is 41.2 Å². The van der Waals surface area contributed by atoms with Gasteiger partial charge < -0.3 is 56.3 Å². The molecule has 0 saturated carbocycles. The summed E-state index contributed by atoms with van der Waals surface area (Å²) in [4.78, 5) is 75.7. The van der Waals surface area contributed by atoms with Crippen LogP contribution in [0.2, 0.25) is 0 Å². The molecule has 4 atom stereocenters. The van der Waals surface area contributed by atoms with E-state index in [1.54, 1.807) is 48.9 Å². The van der Waals surface area contributed by atoms with E-state index in [0.29, 0.717) is 54.6 Å². The minimum Gasteiger partial charge on any atom is -0.491 e. The molecule has 1 fully saturated rings. The summed E-state index contributed by atoms with van der Waals surface area (Å²) < 4.78 is 33.7. The molecular formula is C50H66FN11O8. The van der Waals surface area contributed by atoms with Crippen molar-refractivity contribution in [1.82, 2.24) is 40.5 Å². The minimum atomic E-state index is -0.897. The van der Waals surface area contributed by atoms with Crippen molar-refractivity contribution in [3.05, 3.63) is 88.6 Å². The number of hydrogen-bond donors (Lipinski definition) is 5. The summed E-state index contributed by atoms with van der Waals surface area (Å²) in [6.07, 6.45) is 5.55. The number of amides is 5. The number of benzene rings is 2. The lowest BCUT2D eigenvalue weighted by molar-refractivity contribution is -0.146. The van der Waals surface area contributed by atoms with Crippen LogP contribution in [0.25, 0.3) is 11.1 Å². The summed E-state index contributed by atoms with van der Waals surface area (Å²) in [6.45, 7) is 10.2. The minimum absolute atomic E-state index is 0.120. The average molecular weight is 968 g/mol. The maximum absolute atomic E-state index is 14.6. The van der Waals surface area contributed by atoms with Crippen LogP contribution >= 0.6 is 0 Å². The van der Waals surface area contributed by atoms with Gasteiger partial charge in [-0.3, -0.25) is 28.7 Å². The number of halogens is 1. The molecule has 0 spiro atoms. The van der Waals surface area contributed by atoms with Crippen LogP contribution in [0.15, 0.2) is 54.9 Å². The van der Waals surface area contributed by atoms with Gasteiger partial charge in [-0.1, -0.05) is 26.8 Å². The summed E-state index contributed by atoms with van der Waals surface area (Å²) in [7, 11) is 3.37. The van der Waals surface area contributed by atoms with E-state index in [0.717, 1.165) is 40.8 Å². The van der Waals surface area contributed by atoms with E-state index in [-0.39, 0.29) is 76.1 Å². The third-order valence-electron chi connectivity index (χ3n) is 13.1. The molecule has 1 saturated heterocycles. The number of nitrogens with two attached hydrogens (primary N) is 2. The molecule has 2 aromatic carbocycles. The molecule has 2 bridgehead atoms. The molecule has 376 valence electrons. The number of hydrogen-bond acceptors (Lipinski definition) is 13. The van der Waals surface area contributed by atoms with Gasteiger partial charge >= 0.3 is 0 Å². The van der Waals surface area contributed by atoms with Gasteiger partial charge in [0.1, 0.15) is 36.1 Å². The molecule has 0 aliphatic carbocycles. The number of rotatable bonds is 18. The van der Waals surface area contributed by atoms with Crippen LogP contribution in [0.5, 0.6) is 5.75 Å². The Balaban J connectivity index is 0.842. The number of ether oxygens (including phenoxy) is 3. The van der Waals surface area contributed by atoms with Gasteiger partial charge in [-0.25, -0.2) is 9.37 Å². The van der Waals surface area contributed by atoms with Crippen molar-refractivity contribution in [3.63, 3.8) is 0 Å². The highest BCUT2D eigenvalue weighted by Gasteiger charge is 2.42. The van der Waals surface area contributed by atoms with Crippen molar-refractivity contribution in [2.75, 3.05) is 70.9 Å². The van der Waals surface area contributed by atoms with Crippen molar-refractivity contribution in [1.29, 1.82) is 0 Å². The number of nitrogen functional groups attached to an aromatic ring is 1. The largest absolute Gasteiger partial charge is 0.491 e. The first-order valence-electron chi connectivity index (χ1n) is 23.8. The molecule has 4 aromatic rings. The Morgan fingerprint density at radius 1 is 0.971 bits per heavy atom. The zero-order valence-corrected chi connectivity index (χ0v) is 40.9. The normalized spacial score (nSPS) is 17.5. The molecule has 5 heterocycles. The summed E-state index contributed by atoms with van der Waals surface area (Å²) in [5, 5.41) is 13.5. The number of likely N-dealkylation sites (N-methyl/N-ethyl adjacent to an activating group) is 1. The lowest BCUT2D eigenvalue weighted by atomic mass is 9.84. The molecule has 2 aromatic heterocycles. The number of carbonyl (C=O) groups is 5. The Bertz CT molecular complexity index is 2560. The van der Waals surface area contributed by atoms with Crippen LogP contribution in [0.4, 0.5) is 15.9 Å². The number of nitrogens with zero attached hydrogens (tertiary/aromatic N) is 6. The molecule has 20 heteroatoms. The zero-order chi connectivity index (χ0) is 50.3. The number of aromatic nitrogens is 3. The van der Waals surface area contributed by atoms with Gasteiger partial charge in [0.25, 0.3) is 5.91 Å². The van der Waals surface area contributed by atoms with Crippen LogP contribution in [0.1, 0.15) is 85.7 Å². The second-order valence-corrected chi connectivity index (χ2v) is 19.1. The highest BCUT2D eigenvalue weighted by molar-refractivity contribution is 5.96. The fourth-order valence-electron chi connectivity index (χ4n) is 9.11. The molecule has 5 amide bonds. The lowest BCUT2D eigenvalue weighted by Gasteiger charge is -2.40. The van der Waals surface area contributed by atoms with Crippen molar-refractivity contribution >= 4 is 41.0 Å². The number of nitrogens with one attached hydrogen (secondary N) is 3. The zero-order valence-electron chi connectivity index (χ0n) is 40.9. The number of anilines is 2. The van der Waals surface area contributed by atoms with E-state index >= 15 is 0 Å². The van der Waals surface area contributed by atoms with E-state index in [1.165, 1.54) is 17.0 Å². The maximum Gasteiger partial charge on any atom is 0.254 e. The van der Waals surface area contributed by atoms with Gasteiger partial charge in [0.2, 0.25) is 23.6 Å². The molecular weight excluding hydrogens is 902 g/mol. The Hall–Kier alpha value is -6.64. The molecule has 70 heavy (non-hydrogen) atoms. The quantitative estimate of drug-likeness (QED) is 0.0903. The van der Waals surface area contributed by atoms with Gasteiger partial charge in [-0.2, -0.15) is 5.10 Å². The predicted octanol–water partition coefficient (Wildman–Crippen LogP) is 3.09. The first-order chi connectivity index (χ1) is 33.4. The summed E-state index contributed by atoms with van der Waals surface area (Å²) in [6, 6.07) is 9.27. The maximum atomic E-state index is 14.6. The summed E-state index contributed by atoms with van der Waals surface area (Å²) >= 11 is 0. The number of carbonyl (C=O) groups excluding carboxylic acids is 5. The Kier molecular flexibility index (Phi) is 16.4. The van der Waals surface area contributed by atoms with Crippen LogP contribution in [-0.2, 0) is 54.7 Å². The van der Waals surface area contributed by atoms with Gasteiger partial charge in [0, 0.05) is 68.6 Å². The van der Waals surface area contributed by atoms with E-state index in [2.05, 4.69) is 25.8 Å². The molecule has 19 nitrogen and oxygen atoms in total. The standard InChI is InChI=1S/C50H66FN11O8/c1-30(54-5)47(65)57-44(50(2,3)4)49(67)62-27-33-22-35(11-9-31(33)23-42(62)46(53)64)70-21-20-69-19-18-68-17-13-43(63)55-14-16-60-28-38-32-24-41(45(52)56-26-32)61-15-7-8-40(61)37-25-34(51)10-12-36(37)48(66)59(6)29-39(38)58-60/h9-12,22,24-26,28,30,40,42,44,54H,7-8,13-21,23,27,29H2,1-6H3,(H2,52,56)(H2,53,64)(H,55,63)(H,57,65)/t30-,40+,42-,44+/m0/s1. The molecule has 7 N–H and O–H groups in total. The Morgan fingerprint density at radius 2 is 1.73 bits per heavy atom. The van der Waals surface area contributed by atoms with Gasteiger partial charge in [-0.05, 0) is 85.3 Å². The second-order valence-electron chi connectivity index (χ2n) is 19.1. The third-order valence-corrected chi connectivity index (χ3v) is 13.1. The van der Waals surface area contributed by atoms with Crippen LogP contribution in [0.3, 0.4) is 0 Å². The Morgan fingerprint density at radius 3 is 2.47 bits per heavy atom. The topological polar surface area (TPSA) is 242 Å². The fourth-order valence-corrected chi connectivity index (χ4v) is 9.11. The van der Waals surface area contributed by atoms with Crippen molar-refractivity contribution in [2.24, 2.45) is 11.1 Å². The van der Waals surface area contributed by atoms with Gasteiger partial charge in [0.05, 0.1) is 63.0 Å². The van der Waals surface area contributed by atoms with E-state index in [4.69, 9.17) is 30.8 Å². The molecule has 0 unspecified atom stereocenters. The molecule has 3 aliphatic rings. The van der Waals surface area contributed by atoms with Crippen LogP contribution < -0.4 is 37.1 Å². The third kappa shape index (κ3) is 12.0. The average Bonchev–Trinajstić information content (AvgIpc) is 3.98. The lowest BCUT2D eigenvalue weighted by Crippen LogP contribution is -2.61. The van der Waals surface area contributed by atoms with Crippen molar-refractivity contribution in [3.8, 4) is 16.9 Å². The number of pyridine rings is 1. The SMILES string of the molecule is CN[C@@H](C)C(=O)N[C@H](C(=O)N1Cc2cc(OCCOCCOCCC(=O)NCCn3cc4c(n3)CN(C)C(=O)c3ccc(F)cc3[C@H]3CCCN3c3cc-4cnc3N)ccc2C[C@H]1C(N)=O)C(C)(C)C. The Labute approximate surface area is 407 Å². The fraction of sp³-hybridized carbons (Fsp3) is 0.500. The van der Waals surface area contributed by atoms with Crippen LogP contribution in [-0.4, -0.2) is 132 Å². The van der Waals surface area contributed by atoms with E-state index in [1.807, 2.05) is 45.2 Å². The van der Waals surface area contributed by atoms with Gasteiger partial charge in [-0.15, -0.1) is 0 Å². The first kappa shape index (κ1) is 51.2. The summed E-state index contributed by atoms with van der Waals surface area (Å²) in [5.74, 6) is -1.26. The molecule has 7 rings (SSSR count). The molecule has 3 aliphatic heterocycles. The highest BCUT2D eigenvalue weighted by atomic mass is 19.1. The highest BCUT2D eigenvalue weighted by Crippen LogP contribution is 2.42. The van der Waals surface area contributed by atoms with E-state index in [9.17, 15) is 28.4 Å². The number of primary amides is 1. The second kappa shape index (κ2) is 22.4. The van der Waals surface area contributed by atoms with Gasteiger partial charge in [0.15, 0.2) is 0 Å². The van der Waals surface area contributed by atoms with Crippen LogP contribution in [0, 0.1) is 11.2 Å². The monoisotopic (exact) mass is 968 g/mol. The van der Waals surface area contributed by atoms with Crippen molar-refractivity contribution < 1.29 is 42.6 Å². The predicted molar refractivity (Wildman–Crippen MR) is 260 cm³/mol. The smallest absolute Gasteiger partial charge is 0.254 e. The molecule has 0 radical (unpaired) electrons. The summed E-state index contributed by atoms with van der Waals surface area (Å²) in [5.41, 5.74) is 17.3. The van der Waals surface area contributed by atoms with Crippen molar-refractivity contribution in [2.45, 2.75) is 97.2 Å².